The Morgan fingerprint density at radius 3 is 2.75 bits per heavy atom. The van der Waals surface area contributed by atoms with Crippen LogP contribution in [0.5, 0.6) is 0 Å². The number of rotatable bonds is 4. The lowest BCUT2D eigenvalue weighted by atomic mass is 10.0. The summed E-state index contributed by atoms with van der Waals surface area (Å²) in [4.78, 5) is 6.99. The van der Waals surface area contributed by atoms with Gasteiger partial charge in [0.1, 0.15) is 5.82 Å². The Labute approximate surface area is 149 Å². The first-order valence-electron chi connectivity index (χ1n) is 8.54. The fourth-order valence-corrected chi connectivity index (χ4v) is 3.21. The van der Waals surface area contributed by atoms with Crippen molar-refractivity contribution in [3.63, 3.8) is 0 Å². The summed E-state index contributed by atoms with van der Waals surface area (Å²) in [5, 5.41) is 7.02. The Hall–Kier alpha value is -2.14. The molecule has 24 heavy (non-hydrogen) atoms. The number of thiocarbonyl (C=S) groups is 1. The summed E-state index contributed by atoms with van der Waals surface area (Å²) < 4.78 is 0. The number of hydrogen-bond acceptors (Lipinski definition) is 3. The van der Waals surface area contributed by atoms with Crippen LogP contribution in [0.1, 0.15) is 31.7 Å². The number of benzene rings is 1. The standard InChI is InChI=1S/C19H24N4S/c1-15-7-5-6-12-23(15)18-11-10-17(14-20-18)22-19(24)21-13-16-8-3-2-4-9-16/h2-4,8-11,14-15H,5-7,12-13H2,1H3,(H2,21,22,24)/t15-/m1/s1. The summed E-state index contributed by atoms with van der Waals surface area (Å²) in [6.07, 6.45) is 5.67. The lowest BCUT2D eigenvalue weighted by molar-refractivity contribution is 0.481. The highest BCUT2D eigenvalue weighted by Gasteiger charge is 2.19. The molecule has 0 spiro atoms. The van der Waals surface area contributed by atoms with Crippen molar-refractivity contribution in [3.8, 4) is 0 Å². The van der Waals surface area contributed by atoms with Gasteiger partial charge in [-0.15, -0.1) is 0 Å². The third-order valence-electron chi connectivity index (χ3n) is 4.40. The van der Waals surface area contributed by atoms with Gasteiger partial charge in [-0.25, -0.2) is 4.98 Å². The number of aromatic nitrogens is 1. The zero-order valence-corrected chi connectivity index (χ0v) is 14.9. The largest absolute Gasteiger partial charge is 0.358 e. The van der Waals surface area contributed by atoms with Crippen LogP contribution in [0.25, 0.3) is 0 Å². The molecular weight excluding hydrogens is 316 g/mol. The number of anilines is 2. The van der Waals surface area contributed by atoms with E-state index in [1.54, 1.807) is 0 Å². The van der Waals surface area contributed by atoms with E-state index in [-0.39, 0.29) is 0 Å². The van der Waals surface area contributed by atoms with Gasteiger partial charge in [0.15, 0.2) is 5.11 Å². The number of nitrogens with one attached hydrogen (secondary N) is 2. The number of pyridine rings is 1. The Kier molecular flexibility index (Phi) is 5.64. The molecule has 0 unspecified atom stereocenters. The van der Waals surface area contributed by atoms with Gasteiger partial charge in [0, 0.05) is 19.1 Å². The predicted octanol–water partition coefficient (Wildman–Crippen LogP) is 3.95. The van der Waals surface area contributed by atoms with Crippen molar-refractivity contribution in [1.29, 1.82) is 0 Å². The first kappa shape index (κ1) is 16.7. The lowest BCUT2D eigenvalue weighted by Gasteiger charge is -2.34. The van der Waals surface area contributed by atoms with Crippen molar-refractivity contribution < 1.29 is 0 Å². The molecule has 1 aromatic carbocycles. The third kappa shape index (κ3) is 4.45. The quantitative estimate of drug-likeness (QED) is 0.825. The summed E-state index contributed by atoms with van der Waals surface area (Å²) in [6.45, 7) is 4.08. The maximum absolute atomic E-state index is 5.35. The van der Waals surface area contributed by atoms with E-state index in [1.165, 1.54) is 24.8 Å². The Morgan fingerprint density at radius 1 is 1.21 bits per heavy atom. The average Bonchev–Trinajstić information content (AvgIpc) is 2.62. The second-order valence-electron chi connectivity index (χ2n) is 6.24. The second-order valence-corrected chi connectivity index (χ2v) is 6.64. The average molecular weight is 340 g/mol. The fourth-order valence-electron chi connectivity index (χ4n) is 3.02. The van der Waals surface area contributed by atoms with Gasteiger partial charge < -0.3 is 15.5 Å². The molecule has 3 rings (SSSR count). The van der Waals surface area contributed by atoms with Crippen molar-refractivity contribution >= 4 is 28.8 Å². The second kappa shape index (κ2) is 8.11. The minimum Gasteiger partial charge on any atom is -0.358 e. The van der Waals surface area contributed by atoms with Crippen molar-refractivity contribution in [2.75, 3.05) is 16.8 Å². The smallest absolute Gasteiger partial charge is 0.171 e. The van der Waals surface area contributed by atoms with Gasteiger partial charge in [0.25, 0.3) is 0 Å². The van der Waals surface area contributed by atoms with Gasteiger partial charge in [-0.2, -0.15) is 0 Å². The highest BCUT2D eigenvalue weighted by atomic mass is 32.1. The van der Waals surface area contributed by atoms with Gasteiger partial charge in [0.2, 0.25) is 0 Å². The molecular formula is C19H24N4S. The molecule has 0 amide bonds. The van der Waals surface area contributed by atoms with Crippen LogP contribution in [0.4, 0.5) is 11.5 Å². The van der Waals surface area contributed by atoms with Gasteiger partial charge in [-0.3, -0.25) is 0 Å². The number of nitrogens with zero attached hydrogens (tertiary/aromatic N) is 2. The summed E-state index contributed by atoms with van der Waals surface area (Å²) >= 11 is 5.35. The minimum atomic E-state index is 0.568. The molecule has 4 nitrogen and oxygen atoms in total. The van der Waals surface area contributed by atoms with Gasteiger partial charge in [-0.05, 0) is 56.1 Å². The molecule has 1 atom stereocenters. The first-order valence-corrected chi connectivity index (χ1v) is 8.94. The van der Waals surface area contributed by atoms with Crippen molar-refractivity contribution in [1.82, 2.24) is 10.3 Å². The molecule has 126 valence electrons. The Morgan fingerprint density at radius 2 is 2.04 bits per heavy atom. The van der Waals surface area contributed by atoms with E-state index < -0.39 is 0 Å². The first-order chi connectivity index (χ1) is 11.7. The van der Waals surface area contributed by atoms with E-state index in [0.29, 0.717) is 17.7 Å². The predicted molar refractivity (Wildman–Crippen MR) is 104 cm³/mol. The van der Waals surface area contributed by atoms with Gasteiger partial charge >= 0.3 is 0 Å². The molecule has 1 aliphatic rings. The van der Waals surface area contributed by atoms with Crippen molar-refractivity contribution in [3.05, 3.63) is 54.2 Å². The normalized spacial score (nSPS) is 17.4. The molecule has 2 heterocycles. The summed E-state index contributed by atoms with van der Waals surface area (Å²) in [7, 11) is 0. The van der Waals surface area contributed by atoms with Crippen molar-refractivity contribution in [2.45, 2.75) is 38.8 Å². The van der Waals surface area contributed by atoms with Crippen LogP contribution in [0.3, 0.4) is 0 Å². The maximum atomic E-state index is 5.35. The van der Waals surface area contributed by atoms with E-state index in [0.717, 1.165) is 18.1 Å². The van der Waals surface area contributed by atoms with E-state index in [2.05, 4.69) is 45.6 Å². The topological polar surface area (TPSA) is 40.2 Å². The molecule has 1 saturated heterocycles. The molecule has 2 aromatic rings. The fraction of sp³-hybridized carbons (Fsp3) is 0.368. The van der Waals surface area contributed by atoms with E-state index >= 15 is 0 Å². The van der Waals surface area contributed by atoms with Crippen LogP contribution < -0.4 is 15.5 Å². The van der Waals surface area contributed by atoms with Crippen molar-refractivity contribution in [2.24, 2.45) is 0 Å². The summed E-state index contributed by atoms with van der Waals surface area (Å²) in [6, 6.07) is 14.9. The Bertz CT molecular complexity index is 657. The van der Waals surface area contributed by atoms with Crippen LogP contribution >= 0.6 is 12.2 Å². The highest BCUT2D eigenvalue weighted by molar-refractivity contribution is 7.80. The monoisotopic (exact) mass is 340 g/mol. The van der Waals surface area contributed by atoms with Crippen LogP contribution in [-0.2, 0) is 6.54 Å². The molecule has 1 fully saturated rings. The highest BCUT2D eigenvalue weighted by Crippen LogP contribution is 2.23. The third-order valence-corrected chi connectivity index (χ3v) is 4.65. The molecule has 0 bridgehead atoms. The van der Waals surface area contributed by atoms with E-state index in [1.807, 2.05) is 30.5 Å². The molecule has 0 radical (unpaired) electrons. The van der Waals surface area contributed by atoms with Crippen LogP contribution in [0.15, 0.2) is 48.7 Å². The molecule has 1 aliphatic heterocycles. The van der Waals surface area contributed by atoms with Gasteiger partial charge in [-0.1, -0.05) is 30.3 Å². The molecule has 1 aromatic heterocycles. The minimum absolute atomic E-state index is 0.568. The molecule has 5 heteroatoms. The number of piperidine rings is 1. The maximum Gasteiger partial charge on any atom is 0.171 e. The summed E-state index contributed by atoms with van der Waals surface area (Å²) in [5.74, 6) is 1.05. The Balaban J connectivity index is 1.53. The van der Waals surface area contributed by atoms with Gasteiger partial charge in [0.05, 0.1) is 11.9 Å². The van der Waals surface area contributed by atoms with Crippen LogP contribution in [0, 0.1) is 0 Å². The zero-order valence-electron chi connectivity index (χ0n) is 14.0. The zero-order chi connectivity index (χ0) is 16.8. The van der Waals surface area contributed by atoms with Crippen LogP contribution in [-0.4, -0.2) is 22.7 Å². The number of hydrogen-bond donors (Lipinski definition) is 2. The SMILES string of the molecule is C[C@@H]1CCCCN1c1ccc(NC(=S)NCc2ccccc2)cn1. The summed E-state index contributed by atoms with van der Waals surface area (Å²) in [5.41, 5.74) is 2.11. The molecule has 0 saturated carbocycles. The van der Waals surface area contributed by atoms with E-state index in [9.17, 15) is 0 Å². The van der Waals surface area contributed by atoms with E-state index in [4.69, 9.17) is 12.2 Å². The molecule has 0 aliphatic carbocycles. The lowest BCUT2D eigenvalue weighted by Crippen LogP contribution is -2.37. The van der Waals surface area contributed by atoms with Crippen LogP contribution in [0.2, 0.25) is 0 Å². The molecule has 2 N–H and O–H groups in total.